The minimum Gasteiger partial charge on any atom is -0.496 e. The lowest BCUT2D eigenvalue weighted by atomic mass is 9.71. The first kappa shape index (κ1) is 37.0. The Morgan fingerprint density at radius 1 is 1.02 bits per heavy atom. The quantitative estimate of drug-likeness (QED) is 0.329. The van der Waals surface area contributed by atoms with E-state index in [1.165, 1.54) is 23.4 Å². The lowest BCUT2D eigenvalue weighted by Crippen LogP contribution is -2.48. The van der Waals surface area contributed by atoms with Crippen molar-refractivity contribution in [1.82, 2.24) is 24.9 Å². The molecule has 0 radical (unpaired) electrons. The molecule has 1 spiro atoms. The number of nitrogens with zero attached hydrogens (tertiary/aromatic N) is 5. The van der Waals surface area contributed by atoms with Crippen LogP contribution in [0.2, 0.25) is 0 Å². The SMILES string of the molecule is COc1cc(N2CCC3(CCN(C(=O)c4ccc([C@@H]5C[C@H](Nc6cnn(C)c(=O)c6Br)CN(C)C5)cc4)CC3)CC2)cc(F)c1C1CCC(=O)NC1=O. The Labute approximate surface area is 317 Å². The summed E-state index contributed by atoms with van der Waals surface area (Å²) in [6.45, 7) is 4.69. The summed E-state index contributed by atoms with van der Waals surface area (Å²) in [6.07, 6.45) is 6.74. The molecule has 14 heteroatoms. The fourth-order valence-corrected chi connectivity index (χ4v) is 9.21. The zero-order valence-corrected chi connectivity index (χ0v) is 32.1. The van der Waals surface area contributed by atoms with E-state index >= 15 is 4.39 Å². The molecule has 53 heavy (non-hydrogen) atoms. The minimum absolute atomic E-state index is 0.0609. The average molecular weight is 793 g/mol. The Balaban J connectivity index is 0.929. The Morgan fingerprint density at radius 3 is 2.40 bits per heavy atom. The number of nitrogens with one attached hydrogen (secondary N) is 2. The van der Waals surface area contributed by atoms with Gasteiger partial charge >= 0.3 is 0 Å². The number of benzene rings is 2. The van der Waals surface area contributed by atoms with E-state index < -0.39 is 17.6 Å². The molecule has 4 fully saturated rings. The lowest BCUT2D eigenvalue weighted by molar-refractivity contribution is -0.134. The molecule has 4 aliphatic rings. The zero-order valence-electron chi connectivity index (χ0n) is 30.5. The molecule has 2 aromatic carbocycles. The van der Waals surface area contributed by atoms with Crippen molar-refractivity contribution < 1.29 is 23.5 Å². The summed E-state index contributed by atoms with van der Waals surface area (Å²) in [5.74, 6) is -1.43. The number of imide groups is 1. The van der Waals surface area contributed by atoms with Gasteiger partial charge < -0.3 is 24.8 Å². The van der Waals surface area contributed by atoms with Crippen LogP contribution in [0.1, 0.15) is 78.3 Å². The van der Waals surface area contributed by atoms with Gasteiger partial charge in [0, 0.05) is 81.7 Å². The molecule has 3 aromatic rings. The van der Waals surface area contributed by atoms with Crippen LogP contribution >= 0.6 is 15.9 Å². The van der Waals surface area contributed by atoms with Crippen molar-refractivity contribution in [3.05, 3.63) is 79.9 Å². The number of aryl methyl sites for hydroxylation is 1. The van der Waals surface area contributed by atoms with Crippen molar-refractivity contribution in [2.24, 2.45) is 12.5 Å². The second kappa shape index (κ2) is 15.2. The molecule has 3 atom stereocenters. The number of likely N-dealkylation sites (N-methyl/N-ethyl adjacent to an activating group) is 1. The van der Waals surface area contributed by atoms with E-state index in [9.17, 15) is 19.2 Å². The molecule has 4 saturated heterocycles. The molecule has 0 saturated carbocycles. The summed E-state index contributed by atoms with van der Waals surface area (Å²) in [5.41, 5.74) is 3.46. The molecule has 2 N–H and O–H groups in total. The normalized spacial score (nSPS) is 23.5. The summed E-state index contributed by atoms with van der Waals surface area (Å²) in [5, 5.41) is 9.98. The van der Waals surface area contributed by atoms with Gasteiger partial charge in [0.1, 0.15) is 16.0 Å². The largest absolute Gasteiger partial charge is 0.496 e. The van der Waals surface area contributed by atoms with E-state index in [4.69, 9.17) is 4.74 Å². The van der Waals surface area contributed by atoms with Gasteiger partial charge in [-0.1, -0.05) is 12.1 Å². The van der Waals surface area contributed by atoms with Gasteiger partial charge in [-0.25, -0.2) is 9.07 Å². The van der Waals surface area contributed by atoms with E-state index in [0.717, 1.165) is 64.0 Å². The van der Waals surface area contributed by atoms with Crippen LogP contribution in [0, 0.1) is 11.2 Å². The number of aromatic nitrogens is 2. The second-order valence-corrected chi connectivity index (χ2v) is 16.0. The van der Waals surface area contributed by atoms with Gasteiger partial charge in [-0.3, -0.25) is 24.5 Å². The standard InChI is InChI=1S/C39H47BrFN7O5/c1-45-22-26(18-27(23-45)43-31-21-42-46(2)38(52)35(31)40)24-4-6-25(7-5-24)37(51)48-16-12-39(13-17-48)10-14-47(15-11-39)28-19-30(41)34(32(20-28)53-3)29-8-9-33(49)44-36(29)50/h4-7,19-21,26-27,29,43H,8-18,22-23H2,1-3H3,(H,44,49,50)/t26-,27+,29?/m1/s1. The molecule has 12 nitrogen and oxygen atoms in total. The highest BCUT2D eigenvalue weighted by Gasteiger charge is 2.40. The third-order valence-electron chi connectivity index (χ3n) is 11.9. The lowest BCUT2D eigenvalue weighted by Gasteiger charge is -2.47. The topological polar surface area (TPSA) is 129 Å². The molecule has 282 valence electrons. The van der Waals surface area contributed by atoms with Gasteiger partial charge in [-0.05, 0) is 96.6 Å². The number of carbonyl (C=O) groups excluding carboxylic acids is 3. The molecular weight excluding hydrogens is 745 g/mol. The van der Waals surface area contributed by atoms with Gasteiger partial charge in [0.05, 0.1) is 24.9 Å². The number of rotatable bonds is 7. The maximum atomic E-state index is 15.5. The third kappa shape index (κ3) is 7.71. The molecule has 0 bridgehead atoms. The summed E-state index contributed by atoms with van der Waals surface area (Å²) in [4.78, 5) is 56.5. The number of amides is 3. The van der Waals surface area contributed by atoms with Crippen LogP contribution in [-0.4, -0.2) is 96.8 Å². The van der Waals surface area contributed by atoms with Crippen LogP contribution in [0.4, 0.5) is 15.8 Å². The highest BCUT2D eigenvalue weighted by Crippen LogP contribution is 2.44. The van der Waals surface area contributed by atoms with Gasteiger partial charge in [0.15, 0.2) is 0 Å². The maximum Gasteiger partial charge on any atom is 0.282 e. The van der Waals surface area contributed by atoms with E-state index in [1.807, 2.05) is 17.0 Å². The highest BCUT2D eigenvalue weighted by molar-refractivity contribution is 9.10. The monoisotopic (exact) mass is 791 g/mol. The van der Waals surface area contributed by atoms with Gasteiger partial charge in [-0.15, -0.1) is 0 Å². The Hall–Kier alpha value is -4.30. The fraction of sp³-hybridized carbons (Fsp3) is 0.513. The summed E-state index contributed by atoms with van der Waals surface area (Å²) in [6, 6.07) is 11.5. The first-order chi connectivity index (χ1) is 25.4. The van der Waals surface area contributed by atoms with Gasteiger partial charge in [-0.2, -0.15) is 5.10 Å². The Bertz CT molecular complexity index is 1940. The van der Waals surface area contributed by atoms with Crippen molar-refractivity contribution in [3.63, 3.8) is 0 Å². The molecule has 1 aromatic heterocycles. The number of anilines is 2. The van der Waals surface area contributed by atoms with Crippen molar-refractivity contribution in [2.75, 3.05) is 63.6 Å². The zero-order chi connectivity index (χ0) is 37.4. The molecule has 5 heterocycles. The summed E-state index contributed by atoms with van der Waals surface area (Å²) in [7, 11) is 5.20. The van der Waals surface area contributed by atoms with Gasteiger partial charge in [0.2, 0.25) is 11.8 Å². The molecular formula is C39H47BrFN7O5. The number of hydrogen-bond donors (Lipinski definition) is 2. The first-order valence-electron chi connectivity index (χ1n) is 18.5. The van der Waals surface area contributed by atoms with Crippen molar-refractivity contribution in [1.29, 1.82) is 0 Å². The smallest absolute Gasteiger partial charge is 0.282 e. The second-order valence-electron chi connectivity index (χ2n) is 15.2. The maximum absolute atomic E-state index is 15.5. The van der Waals surface area contributed by atoms with E-state index in [0.29, 0.717) is 34.6 Å². The Kier molecular flexibility index (Phi) is 10.6. The van der Waals surface area contributed by atoms with Crippen LogP contribution in [0.3, 0.4) is 0 Å². The number of likely N-dealkylation sites (tertiary alicyclic amines) is 2. The van der Waals surface area contributed by atoms with Crippen LogP contribution in [0.25, 0.3) is 0 Å². The van der Waals surface area contributed by atoms with Crippen LogP contribution in [0.15, 0.2) is 51.9 Å². The molecule has 0 aliphatic carbocycles. The molecule has 3 amide bonds. The summed E-state index contributed by atoms with van der Waals surface area (Å²) < 4.78 is 22.9. The number of hydrogen-bond acceptors (Lipinski definition) is 9. The van der Waals surface area contributed by atoms with Crippen LogP contribution < -0.4 is 25.8 Å². The first-order valence-corrected chi connectivity index (χ1v) is 19.2. The van der Waals surface area contributed by atoms with Crippen molar-refractivity contribution >= 4 is 45.0 Å². The minimum atomic E-state index is -0.762. The van der Waals surface area contributed by atoms with E-state index in [2.05, 4.69) is 60.6 Å². The number of carbonyl (C=O) groups is 3. The van der Waals surface area contributed by atoms with Crippen LogP contribution in [0.5, 0.6) is 5.75 Å². The summed E-state index contributed by atoms with van der Waals surface area (Å²) >= 11 is 3.42. The van der Waals surface area contributed by atoms with Crippen molar-refractivity contribution in [3.8, 4) is 5.75 Å². The van der Waals surface area contributed by atoms with Crippen LogP contribution in [-0.2, 0) is 16.6 Å². The predicted octanol–water partition coefficient (Wildman–Crippen LogP) is 4.63. The molecule has 1 unspecified atom stereocenters. The molecule has 4 aliphatic heterocycles. The average Bonchev–Trinajstić information content (AvgIpc) is 3.15. The van der Waals surface area contributed by atoms with E-state index in [-0.39, 0.29) is 53.2 Å². The molecule has 7 rings (SSSR count). The van der Waals surface area contributed by atoms with E-state index in [1.54, 1.807) is 19.3 Å². The predicted molar refractivity (Wildman–Crippen MR) is 203 cm³/mol. The fourth-order valence-electron chi connectivity index (χ4n) is 8.74. The number of halogens is 2. The number of methoxy groups -OCH3 is 1. The number of ether oxygens (including phenoxy) is 1. The van der Waals surface area contributed by atoms with Gasteiger partial charge in [0.25, 0.3) is 11.5 Å². The number of piperidine rings is 4. The highest BCUT2D eigenvalue weighted by atomic mass is 79.9. The van der Waals surface area contributed by atoms with Crippen molar-refractivity contribution in [2.45, 2.75) is 62.8 Å². The third-order valence-corrected chi connectivity index (χ3v) is 12.7. The Morgan fingerprint density at radius 2 is 1.72 bits per heavy atom.